The Morgan fingerprint density at radius 3 is 2.42 bits per heavy atom. The lowest BCUT2D eigenvalue weighted by atomic mass is 10.1. The molecule has 2 aliphatic heterocycles. The number of rotatable bonds is 3. The van der Waals surface area contributed by atoms with Crippen LogP contribution in [-0.2, 0) is 11.0 Å². The quantitative estimate of drug-likeness (QED) is 0.639. The smallest absolute Gasteiger partial charge is 0.416 e. The summed E-state index contributed by atoms with van der Waals surface area (Å²) in [4.78, 5) is 20.9. The number of hydrogen-bond acceptors (Lipinski definition) is 5. The average Bonchev–Trinajstić information content (AvgIpc) is 2.93. The van der Waals surface area contributed by atoms with Crippen molar-refractivity contribution in [3.63, 3.8) is 0 Å². The zero-order valence-electron chi connectivity index (χ0n) is 18.8. The highest BCUT2D eigenvalue weighted by molar-refractivity contribution is 6.04. The standard InChI is InChI=1S/C24H26F3N3O3/c1-15(2)12-22(31)29-8-10-30(11-9-29)23-18-14-17(32-3)5-7-20(18)33-21-6-4-16(24(25,26)27)13-19(21)28-23/h4-7,13-15H,8-12H2,1-3H3. The molecule has 2 aromatic rings. The fourth-order valence-corrected chi connectivity index (χ4v) is 3.95. The van der Waals surface area contributed by atoms with Crippen LogP contribution in [0.5, 0.6) is 17.2 Å². The van der Waals surface area contributed by atoms with Crippen LogP contribution in [0.15, 0.2) is 41.4 Å². The zero-order chi connectivity index (χ0) is 23.8. The Kier molecular flexibility index (Phi) is 6.23. The Morgan fingerprint density at radius 1 is 1.09 bits per heavy atom. The molecule has 1 fully saturated rings. The number of aliphatic imine (C=N–C) groups is 1. The van der Waals surface area contributed by atoms with E-state index in [-0.39, 0.29) is 23.3 Å². The number of ether oxygens (including phenoxy) is 2. The van der Waals surface area contributed by atoms with Crippen molar-refractivity contribution in [3.05, 3.63) is 47.5 Å². The predicted molar refractivity (Wildman–Crippen MR) is 118 cm³/mol. The first-order chi connectivity index (χ1) is 15.7. The minimum Gasteiger partial charge on any atom is -0.497 e. The van der Waals surface area contributed by atoms with E-state index < -0.39 is 11.7 Å². The number of carbonyl (C=O) groups is 1. The van der Waals surface area contributed by atoms with E-state index in [2.05, 4.69) is 4.99 Å². The second-order valence-corrected chi connectivity index (χ2v) is 8.55. The highest BCUT2D eigenvalue weighted by Crippen LogP contribution is 2.42. The van der Waals surface area contributed by atoms with Crippen molar-refractivity contribution in [3.8, 4) is 17.2 Å². The summed E-state index contributed by atoms with van der Waals surface area (Å²) in [5.74, 6) is 2.19. The lowest BCUT2D eigenvalue weighted by Crippen LogP contribution is -2.51. The molecule has 1 saturated heterocycles. The van der Waals surface area contributed by atoms with Crippen molar-refractivity contribution in [1.29, 1.82) is 0 Å². The molecule has 0 radical (unpaired) electrons. The second kappa shape index (κ2) is 8.96. The number of benzene rings is 2. The first kappa shape index (κ1) is 22.9. The number of amidine groups is 1. The van der Waals surface area contributed by atoms with E-state index in [1.807, 2.05) is 23.6 Å². The molecule has 0 bridgehead atoms. The number of methoxy groups -OCH3 is 1. The molecule has 0 unspecified atom stereocenters. The van der Waals surface area contributed by atoms with Gasteiger partial charge in [0, 0.05) is 32.6 Å². The highest BCUT2D eigenvalue weighted by Gasteiger charge is 2.33. The summed E-state index contributed by atoms with van der Waals surface area (Å²) in [5, 5.41) is 0. The largest absolute Gasteiger partial charge is 0.497 e. The Balaban J connectivity index is 1.70. The topological polar surface area (TPSA) is 54.4 Å². The van der Waals surface area contributed by atoms with E-state index in [4.69, 9.17) is 9.47 Å². The third-order valence-corrected chi connectivity index (χ3v) is 5.67. The predicted octanol–water partition coefficient (Wildman–Crippen LogP) is 5.09. The molecule has 9 heteroatoms. The van der Waals surface area contributed by atoms with Gasteiger partial charge in [0.15, 0.2) is 5.75 Å². The van der Waals surface area contributed by atoms with Crippen LogP contribution >= 0.6 is 0 Å². The van der Waals surface area contributed by atoms with E-state index in [0.717, 1.165) is 12.1 Å². The van der Waals surface area contributed by atoms with Gasteiger partial charge in [0.05, 0.1) is 18.2 Å². The van der Waals surface area contributed by atoms with E-state index in [0.29, 0.717) is 55.5 Å². The Morgan fingerprint density at radius 2 is 1.79 bits per heavy atom. The molecule has 0 saturated carbocycles. The third-order valence-electron chi connectivity index (χ3n) is 5.67. The van der Waals surface area contributed by atoms with Gasteiger partial charge in [-0.2, -0.15) is 13.2 Å². The monoisotopic (exact) mass is 461 g/mol. The summed E-state index contributed by atoms with van der Waals surface area (Å²) in [6, 6.07) is 8.50. The van der Waals surface area contributed by atoms with Crippen molar-refractivity contribution in [1.82, 2.24) is 9.80 Å². The molecule has 6 nitrogen and oxygen atoms in total. The minimum absolute atomic E-state index is 0.105. The number of nitrogens with zero attached hydrogens (tertiary/aromatic N) is 3. The van der Waals surface area contributed by atoms with E-state index in [9.17, 15) is 18.0 Å². The van der Waals surface area contributed by atoms with Gasteiger partial charge in [0.2, 0.25) is 5.91 Å². The van der Waals surface area contributed by atoms with Crippen molar-refractivity contribution in [2.45, 2.75) is 26.4 Å². The zero-order valence-corrected chi connectivity index (χ0v) is 18.8. The number of piperazine rings is 1. The molecule has 0 aromatic heterocycles. The minimum atomic E-state index is -4.49. The molecule has 0 atom stereocenters. The summed E-state index contributed by atoms with van der Waals surface area (Å²) in [7, 11) is 1.54. The number of carbonyl (C=O) groups excluding carboxylic acids is 1. The molecule has 176 valence electrons. The van der Waals surface area contributed by atoms with Gasteiger partial charge in [0.25, 0.3) is 0 Å². The Hall–Kier alpha value is -3.23. The van der Waals surface area contributed by atoms with Crippen LogP contribution in [-0.4, -0.2) is 54.8 Å². The summed E-state index contributed by atoms with van der Waals surface area (Å²) >= 11 is 0. The van der Waals surface area contributed by atoms with Gasteiger partial charge >= 0.3 is 6.18 Å². The van der Waals surface area contributed by atoms with E-state index >= 15 is 0 Å². The summed E-state index contributed by atoms with van der Waals surface area (Å²) < 4.78 is 51.3. The summed E-state index contributed by atoms with van der Waals surface area (Å²) in [5.41, 5.74) is -0.0602. The number of hydrogen-bond donors (Lipinski definition) is 0. The average molecular weight is 461 g/mol. The van der Waals surface area contributed by atoms with Gasteiger partial charge in [-0.25, -0.2) is 4.99 Å². The lowest BCUT2D eigenvalue weighted by Gasteiger charge is -2.37. The molecule has 0 aliphatic carbocycles. The van der Waals surface area contributed by atoms with Crippen molar-refractivity contribution < 1.29 is 27.4 Å². The molecule has 33 heavy (non-hydrogen) atoms. The maximum Gasteiger partial charge on any atom is 0.416 e. The van der Waals surface area contributed by atoms with Gasteiger partial charge in [-0.05, 0) is 42.3 Å². The normalized spacial score (nSPS) is 15.9. The van der Waals surface area contributed by atoms with Crippen LogP contribution in [0.4, 0.5) is 18.9 Å². The van der Waals surface area contributed by atoms with Gasteiger partial charge in [0.1, 0.15) is 23.0 Å². The molecule has 4 rings (SSSR count). The molecule has 2 aliphatic rings. The molecule has 2 aromatic carbocycles. The van der Waals surface area contributed by atoms with Crippen molar-refractivity contribution >= 4 is 17.4 Å². The second-order valence-electron chi connectivity index (χ2n) is 8.55. The van der Waals surface area contributed by atoms with Crippen LogP contribution in [0.1, 0.15) is 31.4 Å². The molecular weight excluding hydrogens is 435 g/mol. The molecule has 1 amide bonds. The fourth-order valence-electron chi connectivity index (χ4n) is 3.95. The lowest BCUT2D eigenvalue weighted by molar-refractivity contribution is -0.137. The van der Waals surface area contributed by atoms with Gasteiger partial charge in [-0.15, -0.1) is 0 Å². The SMILES string of the molecule is COc1ccc2c(c1)C(N1CCN(C(=O)CC(C)C)CC1)=Nc1cc(C(F)(F)F)ccc1O2. The van der Waals surface area contributed by atoms with E-state index in [1.165, 1.54) is 6.07 Å². The number of amides is 1. The molecule has 0 spiro atoms. The van der Waals surface area contributed by atoms with Crippen molar-refractivity contribution in [2.75, 3.05) is 33.3 Å². The fraction of sp³-hybridized carbons (Fsp3) is 0.417. The highest BCUT2D eigenvalue weighted by atomic mass is 19.4. The van der Waals surface area contributed by atoms with Gasteiger partial charge in [-0.3, -0.25) is 4.79 Å². The maximum atomic E-state index is 13.3. The number of halogens is 3. The van der Waals surface area contributed by atoms with Crippen LogP contribution in [0.2, 0.25) is 0 Å². The summed E-state index contributed by atoms with van der Waals surface area (Å²) in [6.45, 7) is 6.05. The first-order valence-corrected chi connectivity index (χ1v) is 10.8. The van der Waals surface area contributed by atoms with Crippen LogP contribution in [0.3, 0.4) is 0 Å². The molecule has 0 N–H and O–H groups in total. The number of fused-ring (bicyclic) bond motifs is 2. The van der Waals surface area contributed by atoms with Crippen LogP contribution in [0.25, 0.3) is 0 Å². The Bertz CT molecular complexity index is 1070. The van der Waals surface area contributed by atoms with Crippen LogP contribution < -0.4 is 9.47 Å². The van der Waals surface area contributed by atoms with Gasteiger partial charge < -0.3 is 19.3 Å². The van der Waals surface area contributed by atoms with E-state index in [1.54, 1.807) is 25.3 Å². The van der Waals surface area contributed by atoms with Gasteiger partial charge in [-0.1, -0.05) is 13.8 Å². The third kappa shape index (κ3) is 4.91. The summed E-state index contributed by atoms with van der Waals surface area (Å²) in [6.07, 6.45) is -4.00. The molecular formula is C24H26F3N3O3. The number of alkyl halides is 3. The first-order valence-electron chi connectivity index (χ1n) is 10.8. The molecule has 2 heterocycles. The van der Waals surface area contributed by atoms with Crippen molar-refractivity contribution in [2.24, 2.45) is 10.9 Å². The Labute approximate surface area is 190 Å². The van der Waals surface area contributed by atoms with Crippen LogP contribution in [0, 0.1) is 5.92 Å². The maximum absolute atomic E-state index is 13.3.